The van der Waals surface area contributed by atoms with Crippen molar-refractivity contribution in [1.82, 2.24) is 5.32 Å². The molecular formula is C21H20FNO2S. The minimum atomic E-state index is -0.325. The van der Waals surface area contributed by atoms with Crippen molar-refractivity contribution in [2.45, 2.75) is 19.4 Å². The van der Waals surface area contributed by atoms with Gasteiger partial charge in [-0.25, -0.2) is 4.39 Å². The van der Waals surface area contributed by atoms with Crippen molar-refractivity contribution >= 4 is 17.2 Å². The molecule has 0 saturated heterocycles. The van der Waals surface area contributed by atoms with E-state index in [9.17, 15) is 9.18 Å². The molecular weight excluding hydrogens is 349 g/mol. The molecule has 3 aromatic rings. The standard InChI is InChI=1S/C21H20FNO2S/c1-2-15-5-11-18(12-6-15)25-14-20(24)23-21(19-4-3-13-26-19)16-7-9-17(22)10-8-16/h3-13,21H,2,14H2,1H3,(H,23,24)/t21-/m0/s1. The summed E-state index contributed by atoms with van der Waals surface area (Å²) in [5, 5.41) is 4.92. The maximum Gasteiger partial charge on any atom is 0.258 e. The van der Waals surface area contributed by atoms with Crippen LogP contribution in [0.3, 0.4) is 0 Å². The van der Waals surface area contributed by atoms with E-state index in [0.29, 0.717) is 5.75 Å². The minimum absolute atomic E-state index is 0.0749. The number of thiophene rings is 1. The van der Waals surface area contributed by atoms with Crippen molar-refractivity contribution in [1.29, 1.82) is 0 Å². The number of halogens is 1. The Hall–Kier alpha value is -2.66. The number of hydrogen-bond donors (Lipinski definition) is 1. The fraction of sp³-hybridized carbons (Fsp3) is 0.190. The number of amides is 1. The summed E-state index contributed by atoms with van der Waals surface area (Å²) in [5.74, 6) is 0.128. The van der Waals surface area contributed by atoms with Crippen LogP contribution >= 0.6 is 11.3 Å². The normalized spacial score (nSPS) is 11.8. The second kappa shape index (κ2) is 8.63. The molecule has 2 aromatic carbocycles. The predicted molar refractivity (Wildman–Crippen MR) is 102 cm³/mol. The molecule has 1 amide bonds. The predicted octanol–water partition coefficient (Wildman–Crippen LogP) is 4.73. The molecule has 1 atom stereocenters. The van der Waals surface area contributed by atoms with Gasteiger partial charge in [-0.05, 0) is 53.3 Å². The number of aryl methyl sites for hydroxylation is 1. The van der Waals surface area contributed by atoms with Gasteiger partial charge in [0.25, 0.3) is 5.91 Å². The maximum atomic E-state index is 13.2. The monoisotopic (exact) mass is 369 g/mol. The topological polar surface area (TPSA) is 38.3 Å². The molecule has 26 heavy (non-hydrogen) atoms. The molecule has 0 fully saturated rings. The Morgan fingerprint density at radius 3 is 2.46 bits per heavy atom. The Balaban J connectivity index is 1.66. The van der Waals surface area contributed by atoms with Gasteiger partial charge in [0.1, 0.15) is 11.6 Å². The smallest absolute Gasteiger partial charge is 0.258 e. The zero-order chi connectivity index (χ0) is 18.4. The summed E-state index contributed by atoms with van der Waals surface area (Å²) in [6.45, 7) is 2.01. The van der Waals surface area contributed by atoms with Gasteiger partial charge in [0.15, 0.2) is 6.61 Å². The highest BCUT2D eigenvalue weighted by Gasteiger charge is 2.18. The number of ether oxygens (including phenoxy) is 1. The van der Waals surface area contributed by atoms with Gasteiger partial charge in [0, 0.05) is 4.88 Å². The summed E-state index contributed by atoms with van der Waals surface area (Å²) >= 11 is 1.54. The van der Waals surface area contributed by atoms with Crippen LogP contribution in [-0.4, -0.2) is 12.5 Å². The van der Waals surface area contributed by atoms with E-state index in [4.69, 9.17) is 4.74 Å². The average Bonchev–Trinajstić information content (AvgIpc) is 3.20. The first-order chi connectivity index (χ1) is 12.7. The van der Waals surface area contributed by atoms with Gasteiger partial charge in [-0.15, -0.1) is 11.3 Å². The third-order valence-electron chi connectivity index (χ3n) is 4.04. The fourth-order valence-corrected chi connectivity index (χ4v) is 3.40. The molecule has 5 heteroatoms. The van der Waals surface area contributed by atoms with Crippen LogP contribution in [0.25, 0.3) is 0 Å². The van der Waals surface area contributed by atoms with Gasteiger partial charge in [0.05, 0.1) is 6.04 Å². The number of carbonyl (C=O) groups excluding carboxylic acids is 1. The van der Waals surface area contributed by atoms with Crippen LogP contribution in [0.4, 0.5) is 4.39 Å². The van der Waals surface area contributed by atoms with Crippen LogP contribution in [0.5, 0.6) is 5.75 Å². The Bertz CT molecular complexity index is 829. The fourth-order valence-electron chi connectivity index (χ4n) is 2.60. The van der Waals surface area contributed by atoms with E-state index < -0.39 is 0 Å². The van der Waals surface area contributed by atoms with Crippen LogP contribution in [0, 0.1) is 5.82 Å². The van der Waals surface area contributed by atoms with Gasteiger partial charge >= 0.3 is 0 Å². The molecule has 0 aliphatic rings. The highest BCUT2D eigenvalue weighted by molar-refractivity contribution is 7.10. The molecule has 0 radical (unpaired) electrons. The molecule has 3 nitrogen and oxygen atoms in total. The summed E-state index contributed by atoms with van der Waals surface area (Å²) in [6.07, 6.45) is 0.959. The summed E-state index contributed by atoms with van der Waals surface area (Å²) in [6, 6.07) is 17.4. The second-order valence-electron chi connectivity index (χ2n) is 5.85. The van der Waals surface area contributed by atoms with Crippen molar-refractivity contribution in [3.05, 3.63) is 87.9 Å². The minimum Gasteiger partial charge on any atom is -0.484 e. The van der Waals surface area contributed by atoms with Crippen molar-refractivity contribution < 1.29 is 13.9 Å². The van der Waals surface area contributed by atoms with Gasteiger partial charge < -0.3 is 10.1 Å². The van der Waals surface area contributed by atoms with Crippen LogP contribution < -0.4 is 10.1 Å². The van der Waals surface area contributed by atoms with Gasteiger partial charge in [-0.1, -0.05) is 37.3 Å². The van der Waals surface area contributed by atoms with Crippen LogP contribution in [0.1, 0.15) is 29.0 Å². The number of hydrogen-bond acceptors (Lipinski definition) is 3. The van der Waals surface area contributed by atoms with E-state index in [1.165, 1.54) is 17.7 Å². The number of rotatable bonds is 7. The molecule has 3 rings (SSSR count). The zero-order valence-corrected chi connectivity index (χ0v) is 15.3. The first kappa shape index (κ1) is 18.1. The van der Waals surface area contributed by atoms with Crippen molar-refractivity contribution in [3.8, 4) is 5.75 Å². The first-order valence-corrected chi connectivity index (χ1v) is 9.33. The van der Waals surface area contributed by atoms with Crippen molar-refractivity contribution in [2.75, 3.05) is 6.61 Å². The van der Waals surface area contributed by atoms with Crippen molar-refractivity contribution in [3.63, 3.8) is 0 Å². The summed E-state index contributed by atoms with van der Waals surface area (Å²) < 4.78 is 18.8. The molecule has 0 saturated carbocycles. The lowest BCUT2D eigenvalue weighted by atomic mass is 10.1. The Morgan fingerprint density at radius 2 is 1.85 bits per heavy atom. The van der Waals surface area contributed by atoms with E-state index in [1.807, 2.05) is 41.8 Å². The molecule has 1 aromatic heterocycles. The van der Waals surface area contributed by atoms with E-state index >= 15 is 0 Å². The lowest BCUT2D eigenvalue weighted by Gasteiger charge is -2.18. The SMILES string of the molecule is CCc1ccc(OCC(=O)N[C@@H](c2ccc(F)cc2)c2cccs2)cc1. The van der Waals surface area contributed by atoms with Gasteiger partial charge in [-0.3, -0.25) is 4.79 Å². The molecule has 0 unspecified atom stereocenters. The van der Waals surface area contributed by atoms with Crippen LogP contribution in [-0.2, 0) is 11.2 Å². The summed E-state index contributed by atoms with van der Waals surface area (Å²) in [7, 11) is 0. The molecule has 1 N–H and O–H groups in total. The van der Waals surface area contributed by atoms with Crippen LogP contribution in [0.2, 0.25) is 0 Å². The second-order valence-corrected chi connectivity index (χ2v) is 6.83. The lowest BCUT2D eigenvalue weighted by Crippen LogP contribution is -2.32. The average molecular weight is 369 g/mol. The van der Waals surface area contributed by atoms with E-state index in [-0.39, 0.29) is 24.4 Å². The largest absolute Gasteiger partial charge is 0.484 e. The Labute approximate surface area is 156 Å². The van der Waals surface area contributed by atoms with Gasteiger partial charge in [-0.2, -0.15) is 0 Å². The highest BCUT2D eigenvalue weighted by Crippen LogP contribution is 2.26. The molecule has 0 bridgehead atoms. The Morgan fingerprint density at radius 1 is 1.12 bits per heavy atom. The van der Waals surface area contributed by atoms with Crippen LogP contribution in [0.15, 0.2) is 66.0 Å². The first-order valence-electron chi connectivity index (χ1n) is 8.45. The number of nitrogens with one attached hydrogen (secondary N) is 1. The lowest BCUT2D eigenvalue weighted by molar-refractivity contribution is -0.123. The Kier molecular flexibility index (Phi) is 6.02. The summed E-state index contributed by atoms with van der Waals surface area (Å²) in [4.78, 5) is 13.4. The molecule has 0 aliphatic heterocycles. The maximum absolute atomic E-state index is 13.2. The molecule has 1 heterocycles. The third-order valence-corrected chi connectivity index (χ3v) is 4.98. The number of carbonyl (C=O) groups is 1. The summed E-state index contributed by atoms with van der Waals surface area (Å²) in [5.41, 5.74) is 2.05. The molecule has 0 aliphatic carbocycles. The van der Waals surface area contributed by atoms with Gasteiger partial charge in [0.2, 0.25) is 0 Å². The highest BCUT2D eigenvalue weighted by atomic mass is 32.1. The number of benzene rings is 2. The van der Waals surface area contributed by atoms with E-state index in [1.54, 1.807) is 23.5 Å². The quantitative estimate of drug-likeness (QED) is 0.654. The molecule has 134 valence electrons. The molecule has 0 spiro atoms. The zero-order valence-electron chi connectivity index (χ0n) is 14.4. The third kappa shape index (κ3) is 4.70. The van der Waals surface area contributed by atoms with Crippen molar-refractivity contribution in [2.24, 2.45) is 0 Å². The van der Waals surface area contributed by atoms with E-state index in [0.717, 1.165) is 16.9 Å². The van der Waals surface area contributed by atoms with E-state index in [2.05, 4.69) is 12.2 Å².